The number of β-amino-alcohol motifs (C(OH)–C–C–N with tert-alkyl or cyclic N) is 1. The summed E-state index contributed by atoms with van der Waals surface area (Å²) in [6, 6.07) is 0.222. The number of aliphatic hydroxyl groups is 1. The summed E-state index contributed by atoms with van der Waals surface area (Å²) >= 11 is 0. The molecule has 2 unspecified atom stereocenters. The number of aliphatic hydroxyl groups excluding tert-OH is 1. The van der Waals surface area contributed by atoms with E-state index >= 15 is 0 Å². The third kappa shape index (κ3) is 1.46. The highest BCUT2D eigenvalue weighted by molar-refractivity contribution is 5.85. The summed E-state index contributed by atoms with van der Waals surface area (Å²) in [5.41, 5.74) is -0.0850. The second kappa shape index (κ2) is 2.71. The molecule has 3 nitrogen and oxygen atoms in total. The normalized spacial score (nSPS) is 36.4. The quantitative estimate of drug-likeness (QED) is 0.652. The second-order valence-electron chi connectivity index (χ2n) is 4.76. The van der Waals surface area contributed by atoms with Crippen LogP contribution < -0.4 is 0 Å². The molecule has 2 atom stereocenters. The van der Waals surface area contributed by atoms with Crippen molar-refractivity contribution in [2.75, 3.05) is 6.54 Å². The smallest absolute Gasteiger partial charge is 0.228 e. The average Bonchev–Trinajstić information content (AvgIpc) is 2.71. The Balaban J connectivity index is 2.04. The maximum absolute atomic E-state index is 11.9. The molecule has 13 heavy (non-hydrogen) atoms. The van der Waals surface area contributed by atoms with Crippen molar-refractivity contribution in [1.82, 2.24) is 4.90 Å². The van der Waals surface area contributed by atoms with Crippen LogP contribution in [0.15, 0.2) is 0 Å². The van der Waals surface area contributed by atoms with Crippen LogP contribution in [-0.4, -0.2) is 34.6 Å². The van der Waals surface area contributed by atoms with Gasteiger partial charge in [-0.25, -0.2) is 0 Å². The van der Waals surface area contributed by atoms with Gasteiger partial charge in [0.25, 0.3) is 0 Å². The van der Waals surface area contributed by atoms with E-state index in [1.54, 1.807) is 0 Å². The zero-order valence-electron chi connectivity index (χ0n) is 8.29. The molecule has 0 aromatic heterocycles. The van der Waals surface area contributed by atoms with Gasteiger partial charge in [-0.15, -0.1) is 0 Å². The molecule has 2 rings (SSSR count). The minimum atomic E-state index is -0.304. The molecule has 1 aliphatic heterocycles. The highest BCUT2D eigenvalue weighted by Crippen LogP contribution is 2.47. The zero-order valence-corrected chi connectivity index (χ0v) is 8.29. The molecule has 0 bridgehead atoms. The van der Waals surface area contributed by atoms with Crippen LogP contribution in [0.25, 0.3) is 0 Å². The van der Waals surface area contributed by atoms with Crippen molar-refractivity contribution in [2.45, 2.75) is 45.3 Å². The molecular formula is C10H17NO2. The first-order valence-corrected chi connectivity index (χ1v) is 5.02. The van der Waals surface area contributed by atoms with Gasteiger partial charge in [-0.2, -0.15) is 0 Å². The lowest BCUT2D eigenvalue weighted by Crippen LogP contribution is -2.38. The van der Waals surface area contributed by atoms with Crippen molar-refractivity contribution < 1.29 is 9.90 Å². The maximum Gasteiger partial charge on any atom is 0.228 e. The molecule has 1 aliphatic carbocycles. The number of hydrogen-bond acceptors (Lipinski definition) is 2. The summed E-state index contributed by atoms with van der Waals surface area (Å²) < 4.78 is 0. The Bertz CT molecular complexity index is 235. The van der Waals surface area contributed by atoms with Gasteiger partial charge in [-0.1, -0.05) is 6.92 Å². The number of likely N-dealkylation sites (tertiary alicyclic amines) is 1. The van der Waals surface area contributed by atoms with Crippen molar-refractivity contribution in [3.05, 3.63) is 0 Å². The van der Waals surface area contributed by atoms with E-state index < -0.39 is 0 Å². The van der Waals surface area contributed by atoms with E-state index in [1.165, 1.54) is 0 Å². The standard InChI is InChI=1S/C10H17NO2/c1-7-5-8(12)6-11(7)9(13)10(2)3-4-10/h7-8,12H,3-6H2,1-2H3. The lowest BCUT2D eigenvalue weighted by Gasteiger charge is -2.24. The first kappa shape index (κ1) is 9.00. The Morgan fingerprint density at radius 2 is 2.15 bits per heavy atom. The zero-order chi connectivity index (χ0) is 9.64. The highest BCUT2D eigenvalue weighted by atomic mass is 16.3. The number of nitrogens with zero attached hydrogens (tertiary/aromatic N) is 1. The van der Waals surface area contributed by atoms with Crippen LogP contribution in [0.2, 0.25) is 0 Å². The van der Waals surface area contributed by atoms with E-state index in [0.717, 1.165) is 19.3 Å². The molecule has 0 radical (unpaired) electrons. The van der Waals surface area contributed by atoms with Crippen molar-refractivity contribution in [1.29, 1.82) is 0 Å². The third-order valence-electron chi connectivity index (χ3n) is 3.33. The first-order valence-electron chi connectivity index (χ1n) is 5.02. The molecule has 3 heteroatoms. The van der Waals surface area contributed by atoms with Gasteiger partial charge in [0.2, 0.25) is 5.91 Å². The number of hydrogen-bond donors (Lipinski definition) is 1. The van der Waals surface area contributed by atoms with Crippen LogP contribution in [0.3, 0.4) is 0 Å². The Morgan fingerprint density at radius 3 is 2.54 bits per heavy atom. The van der Waals surface area contributed by atoms with Gasteiger partial charge in [-0.3, -0.25) is 4.79 Å². The topological polar surface area (TPSA) is 40.5 Å². The minimum absolute atomic E-state index is 0.0850. The molecular weight excluding hydrogens is 166 g/mol. The fourth-order valence-corrected chi connectivity index (χ4v) is 2.03. The van der Waals surface area contributed by atoms with Crippen molar-refractivity contribution >= 4 is 5.91 Å². The summed E-state index contributed by atoms with van der Waals surface area (Å²) in [5.74, 6) is 0.247. The maximum atomic E-state index is 11.9. The van der Waals surface area contributed by atoms with Gasteiger partial charge in [0.15, 0.2) is 0 Å². The summed E-state index contributed by atoms with van der Waals surface area (Å²) in [4.78, 5) is 13.7. The molecule has 1 saturated carbocycles. The van der Waals surface area contributed by atoms with Crippen LogP contribution in [0, 0.1) is 5.41 Å². The third-order valence-corrected chi connectivity index (χ3v) is 3.33. The predicted octanol–water partition coefficient (Wildman–Crippen LogP) is 0.768. The highest BCUT2D eigenvalue weighted by Gasteiger charge is 2.49. The van der Waals surface area contributed by atoms with E-state index in [9.17, 15) is 9.90 Å². The summed E-state index contributed by atoms with van der Waals surface area (Å²) in [6.07, 6.45) is 2.47. The van der Waals surface area contributed by atoms with Crippen LogP contribution >= 0.6 is 0 Å². The molecule has 1 heterocycles. The van der Waals surface area contributed by atoms with Crippen molar-refractivity contribution in [3.8, 4) is 0 Å². The summed E-state index contributed by atoms with van der Waals surface area (Å²) in [7, 11) is 0. The second-order valence-corrected chi connectivity index (χ2v) is 4.76. The van der Waals surface area contributed by atoms with Gasteiger partial charge >= 0.3 is 0 Å². The van der Waals surface area contributed by atoms with E-state index in [-0.39, 0.29) is 23.5 Å². The SMILES string of the molecule is CC1CC(O)CN1C(=O)C1(C)CC1. The average molecular weight is 183 g/mol. The molecule has 0 aromatic carbocycles. The first-order chi connectivity index (χ1) is 6.03. The number of carbonyl (C=O) groups excluding carboxylic acids is 1. The number of rotatable bonds is 1. The molecule has 1 amide bonds. The number of amides is 1. The molecule has 1 N–H and O–H groups in total. The largest absolute Gasteiger partial charge is 0.391 e. The molecule has 2 fully saturated rings. The summed E-state index contributed by atoms with van der Waals surface area (Å²) in [5, 5.41) is 9.41. The fraction of sp³-hybridized carbons (Fsp3) is 0.900. The Hall–Kier alpha value is -0.570. The monoisotopic (exact) mass is 183 g/mol. The van der Waals surface area contributed by atoms with Crippen LogP contribution in [0.4, 0.5) is 0 Å². The van der Waals surface area contributed by atoms with E-state index in [1.807, 2.05) is 18.7 Å². The van der Waals surface area contributed by atoms with Gasteiger partial charge in [0, 0.05) is 18.0 Å². The van der Waals surface area contributed by atoms with Crippen molar-refractivity contribution in [3.63, 3.8) is 0 Å². The van der Waals surface area contributed by atoms with Crippen LogP contribution in [0.1, 0.15) is 33.1 Å². The van der Waals surface area contributed by atoms with E-state index in [0.29, 0.717) is 6.54 Å². The lowest BCUT2D eigenvalue weighted by molar-refractivity contribution is -0.137. The van der Waals surface area contributed by atoms with E-state index in [4.69, 9.17) is 0 Å². The lowest BCUT2D eigenvalue weighted by atomic mass is 10.1. The van der Waals surface area contributed by atoms with Gasteiger partial charge < -0.3 is 10.0 Å². The number of carbonyl (C=O) groups is 1. The molecule has 2 aliphatic rings. The van der Waals surface area contributed by atoms with Gasteiger partial charge in [0.05, 0.1) is 6.10 Å². The van der Waals surface area contributed by atoms with Crippen LogP contribution in [-0.2, 0) is 4.79 Å². The van der Waals surface area contributed by atoms with Gasteiger partial charge in [0.1, 0.15) is 0 Å². The summed E-state index contributed by atoms with van der Waals surface area (Å²) in [6.45, 7) is 4.57. The Morgan fingerprint density at radius 1 is 1.54 bits per heavy atom. The minimum Gasteiger partial charge on any atom is -0.391 e. The molecule has 74 valence electrons. The van der Waals surface area contributed by atoms with E-state index in [2.05, 4.69) is 0 Å². The fourth-order valence-electron chi connectivity index (χ4n) is 2.03. The molecule has 0 aromatic rings. The van der Waals surface area contributed by atoms with Crippen molar-refractivity contribution in [2.24, 2.45) is 5.41 Å². The van der Waals surface area contributed by atoms with Gasteiger partial charge in [-0.05, 0) is 26.2 Å². The van der Waals surface area contributed by atoms with Crippen LogP contribution in [0.5, 0.6) is 0 Å². The predicted molar refractivity (Wildman–Crippen MR) is 49.1 cm³/mol. The Labute approximate surface area is 78.7 Å². The molecule has 1 saturated heterocycles. The molecule has 0 spiro atoms. The Kier molecular flexibility index (Phi) is 1.88.